The van der Waals surface area contributed by atoms with E-state index in [1.165, 1.54) is 12.1 Å². The molecule has 2 nitrogen and oxygen atoms in total. The minimum Gasteiger partial charge on any atom is -0.326 e. The third kappa shape index (κ3) is 4.30. The van der Waals surface area contributed by atoms with Crippen LogP contribution in [0.2, 0.25) is 18.1 Å². The van der Waals surface area contributed by atoms with Crippen molar-refractivity contribution in [2.75, 3.05) is 5.32 Å². The fourth-order valence-corrected chi connectivity index (χ4v) is 3.00. The normalized spacial score (nSPS) is 10.3. The fourth-order valence-electron chi connectivity index (χ4n) is 1.45. The summed E-state index contributed by atoms with van der Waals surface area (Å²) >= 11 is 0. The van der Waals surface area contributed by atoms with Crippen LogP contribution in [-0.4, -0.2) is 14.7 Å². The van der Waals surface area contributed by atoms with Crippen LogP contribution in [0.1, 0.15) is 13.8 Å². The molecule has 81 valence electrons. The third-order valence-corrected chi connectivity index (χ3v) is 5.29. The second-order valence-corrected chi connectivity index (χ2v) is 6.82. The summed E-state index contributed by atoms with van der Waals surface area (Å²) in [5, 5.41) is 2.93. The molecule has 3 heteroatoms. The van der Waals surface area contributed by atoms with Gasteiger partial charge in [0.1, 0.15) is 0 Å². The lowest BCUT2D eigenvalue weighted by Crippen LogP contribution is -2.20. The second-order valence-electron chi connectivity index (χ2n) is 3.55. The Morgan fingerprint density at radius 3 is 2.33 bits per heavy atom. The number of carbonyl (C=O) groups is 1. The highest BCUT2D eigenvalue weighted by Gasteiger charge is 2.11. The molecule has 0 fully saturated rings. The van der Waals surface area contributed by atoms with Crippen molar-refractivity contribution in [3.63, 3.8) is 0 Å². The molecule has 0 aliphatic rings. The molecule has 0 saturated heterocycles. The number of hydrogen-bond donors (Lipinski definition) is 1. The van der Waals surface area contributed by atoms with E-state index in [1.54, 1.807) is 0 Å². The highest BCUT2D eigenvalue weighted by molar-refractivity contribution is 6.62. The number of nitrogens with one attached hydrogen (secondary N) is 1. The molecule has 1 radical (unpaired) electrons. The number of amides is 1. The van der Waals surface area contributed by atoms with Gasteiger partial charge in [-0.1, -0.05) is 44.1 Å². The lowest BCUT2D eigenvalue weighted by atomic mass is 10.3. The Labute approximate surface area is 93.3 Å². The smallest absolute Gasteiger partial charge is 0.221 e. The van der Waals surface area contributed by atoms with Crippen molar-refractivity contribution in [1.82, 2.24) is 0 Å². The Morgan fingerprint density at radius 2 is 1.80 bits per heavy atom. The Hall–Kier alpha value is -1.09. The zero-order chi connectivity index (χ0) is 11.1. The summed E-state index contributed by atoms with van der Waals surface area (Å²) in [5.74, 6) is 0.166. The quantitative estimate of drug-likeness (QED) is 0.759. The van der Waals surface area contributed by atoms with Gasteiger partial charge in [0.25, 0.3) is 0 Å². The molecule has 1 N–H and O–H groups in total. The summed E-state index contributed by atoms with van der Waals surface area (Å²) in [6.07, 6.45) is 0. The van der Waals surface area contributed by atoms with Crippen LogP contribution in [0.4, 0.5) is 5.69 Å². The first kappa shape index (κ1) is 12.0. The first-order valence-electron chi connectivity index (χ1n) is 5.44. The standard InChI is InChI=1S/C12H18NOSi/c1-3-15(4-2)10-12(14)13-11-8-6-5-7-9-11/h5-9H,3-4,10H2,1-2H3,(H,13,14). The van der Waals surface area contributed by atoms with Gasteiger partial charge in [-0.25, -0.2) is 0 Å². The Bertz CT molecular complexity index is 296. The molecule has 0 saturated carbocycles. The van der Waals surface area contributed by atoms with Crippen molar-refractivity contribution < 1.29 is 4.79 Å². The maximum absolute atomic E-state index is 11.7. The summed E-state index contributed by atoms with van der Waals surface area (Å²) < 4.78 is 0. The Balaban J connectivity index is 2.43. The molecular weight excluding hydrogens is 202 g/mol. The summed E-state index contributed by atoms with van der Waals surface area (Å²) in [6.45, 7) is 4.35. The molecule has 1 aromatic rings. The average Bonchev–Trinajstić information content (AvgIpc) is 2.27. The Kier molecular flexibility index (Phi) is 5.11. The van der Waals surface area contributed by atoms with E-state index in [4.69, 9.17) is 0 Å². The van der Waals surface area contributed by atoms with Gasteiger partial charge in [0.15, 0.2) is 0 Å². The van der Waals surface area contributed by atoms with Gasteiger partial charge in [0, 0.05) is 11.7 Å². The van der Waals surface area contributed by atoms with E-state index in [0.717, 1.165) is 11.7 Å². The highest BCUT2D eigenvalue weighted by atomic mass is 28.3. The average molecular weight is 220 g/mol. The lowest BCUT2D eigenvalue weighted by Gasteiger charge is -2.10. The van der Waals surface area contributed by atoms with Crippen molar-refractivity contribution in [2.24, 2.45) is 0 Å². The second kappa shape index (κ2) is 6.40. The van der Waals surface area contributed by atoms with Crippen LogP contribution in [-0.2, 0) is 4.79 Å². The van der Waals surface area contributed by atoms with E-state index in [2.05, 4.69) is 19.2 Å². The van der Waals surface area contributed by atoms with Gasteiger partial charge in [-0.15, -0.1) is 0 Å². The van der Waals surface area contributed by atoms with Gasteiger partial charge < -0.3 is 5.32 Å². The highest BCUT2D eigenvalue weighted by Crippen LogP contribution is 2.09. The summed E-state index contributed by atoms with van der Waals surface area (Å²) in [7, 11) is -0.454. The molecule has 15 heavy (non-hydrogen) atoms. The minimum atomic E-state index is -0.454. The first-order valence-corrected chi connectivity index (χ1v) is 7.56. The maximum atomic E-state index is 11.7. The van der Waals surface area contributed by atoms with Crippen molar-refractivity contribution >= 4 is 20.4 Å². The number of para-hydroxylation sites is 1. The molecule has 1 aromatic carbocycles. The number of hydrogen-bond acceptors (Lipinski definition) is 1. The molecule has 1 amide bonds. The van der Waals surface area contributed by atoms with Crippen LogP contribution < -0.4 is 5.32 Å². The predicted octanol–water partition coefficient (Wildman–Crippen LogP) is 3.16. The molecular formula is C12H18NOSi. The van der Waals surface area contributed by atoms with Gasteiger partial charge >= 0.3 is 0 Å². The van der Waals surface area contributed by atoms with Gasteiger partial charge in [-0.2, -0.15) is 0 Å². The molecule has 0 aliphatic carbocycles. The maximum Gasteiger partial charge on any atom is 0.221 e. The molecule has 0 spiro atoms. The van der Waals surface area contributed by atoms with E-state index < -0.39 is 8.80 Å². The van der Waals surface area contributed by atoms with E-state index in [-0.39, 0.29) is 5.91 Å². The number of benzene rings is 1. The van der Waals surface area contributed by atoms with Gasteiger partial charge in [0.05, 0.1) is 8.80 Å². The summed E-state index contributed by atoms with van der Waals surface area (Å²) in [6, 6.07) is 12.7. The van der Waals surface area contributed by atoms with Crippen LogP contribution >= 0.6 is 0 Å². The van der Waals surface area contributed by atoms with Crippen LogP contribution in [0.15, 0.2) is 30.3 Å². The van der Waals surface area contributed by atoms with Crippen molar-refractivity contribution in [3.05, 3.63) is 30.3 Å². The first-order chi connectivity index (χ1) is 7.26. The minimum absolute atomic E-state index is 0.166. The van der Waals surface area contributed by atoms with Crippen LogP contribution in [0.3, 0.4) is 0 Å². The van der Waals surface area contributed by atoms with Gasteiger partial charge in [-0.3, -0.25) is 4.79 Å². The molecule has 0 bridgehead atoms. The van der Waals surface area contributed by atoms with E-state index in [0.29, 0.717) is 0 Å². The van der Waals surface area contributed by atoms with E-state index in [1.807, 2.05) is 30.3 Å². The SMILES string of the molecule is CC[Si](CC)CC(=O)Nc1ccccc1. The molecule has 0 unspecified atom stereocenters. The Morgan fingerprint density at radius 1 is 1.20 bits per heavy atom. The number of anilines is 1. The molecule has 0 heterocycles. The van der Waals surface area contributed by atoms with Gasteiger partial charge in [0.2, 0.25) is 5.91 Å². The van der Waals surface area contributed by atoms with Crippen molar-refractivity contribution in [3.8, 4) is 0 Å². The van der Waals surface area contributed by atoms with Crippen molar-refractivity contribution in [1.29, 1.82) is 0 Å². The summed E-state index contributed by atoms with van der Waals surface area (Å²) in [4.78, 5) is 11.7. The van der Waals surface area contributed by atoms with Crippen LogP contribution in [0, 0.1) is 0 Å². The van der Waals surface area contributed by atoms with E-state index in [9.17, 15) is 4.79 Å². The number of carbonyl (C=O) groups excluding carboxylic acids is 1. The summed E-state index contributed by atoms with van der Waals surface area (Å²) in [5.41, 5.74) is 0.899. The predicted molar refractivity (Wildman–Crippen MR) is 66.6 cm³/mol. The topological polar surface area (TPSA) is 29.1 Å². The molecule has 0 aliphatic heterocycles. The largest absolute Gasteiger partial charge is 0.326 e. The lowest BCUT2D eigenvalue weighted by molar-refractivity contribution is -0.114. The van der Waals surface area contributed by atoms with Crippen molar-refractivity contribution in [2.45, 2.75) is 32.0 Å². The molecule has 1 rings (SSSR count). The van der Waals surface area contributed by atoms with Crippen LogP contribution in [0.25, 0.3) is 0 Å². The fraction of sp³-hybridized carbons (Fsp3) is 0.417. The van der Waals surface area contributed by atoms with Gasteiger partial charge in [-0.05, 0) is 12.1 Å². The third-order valence-electron chi connectivity index (χ3n) is 2.47. The monoisotopic (exact) mass is 220 g/mol. The molecule has 0 atom stereocenters. The zero-order valence-electron chi connectivity index (χ0n) is 9.42. The number of rotatable bonds is 5. The molecule has 0 aromatic heterocycles. The zero-order valence-corrected chi connectivity index (χ0v) is 10.4. The van der Waals surface area contributed by atoms with E-state index >= 15 is 0 Å². The van der Waals surface area contributed by atoms with Crippen LogP contribution in [0.5, 0.6) is 0 Å².